The number of unbranched alkanes of at least 4 members (excludes halogenated alkanes) is 2. The van der Waals surface area contributed by atoms with E-state index >= 15 is 0 Å². The Morgan fingerprint density at radius 1 is 1.21 bits per heavy atom. The fourth-order valence-corrected chi connectivity index (χ4v) is 3.23. The Morgan fingerprint density at radius 2 is 2.05 bits per heavy atom. The van der Waals surface area contributed by atoms with E-state index in [-0.39, 0.29) is 5.97 Å². The molecule has 2 fully saturated rings. The first kappa shape index (κ1) is 14.8. The zero-order valence-corrected chi connectivity index (χ0v) is 12.2. The first-order valence-electron chi connectivity index (χ1n) is 7.92. The van der Waals surface area contributed by atoms with Crippen LogP contribution in [0.15, 0.2) is 0 Å². The average Bonchev–Trinajstić information content (AvgIpc) is 2.71. The van der Waals surface area contributed by atoms with Gasteiger partial charge in [-0.25, -0.2) is 0 Å². The molecule has 4 nitrogen and oxygen atoms in total. The average molecular weight is 268 g/mol. The Labute approximate surface area is 116 Å². The molecule has 2 unspecified atom stereocenters. The summed E-state index contributed by atoms with van der Waals surface area (Å²) < 4.78 is 4.93. The second-order valence-electron chi connectivity index (χ2n) is 5.84. The van der Waals surface area contributed by atoms with Crippen molar-refractivity contribution in [3.63, 3.8) is 0 Å². The molecule has 2 saturated heterocycles. The van der Waals surface area contributed by atoms with Crippen molar-refractivity contribution >= 4 is 5.97 Å². The summed E-state index contributed by atoms with van der Waals surface area (Å²) in [6.45, 7) is 6.01. The number of carbonyl (C=O) groups is 1. The lowest BCUT2D eigenvalue weighted by Crippen LogP contribution is -2.35. The lowest BCUT2D eigenvalue weighted by molar-refractivity contribution is -0.143. The van der Waals surface area contributed by atoms with Crippen molar-refractivity contribution in [3.8, 4) is 0 Å². The highest BCUT2D eigenvalue weighted by molar-refractivity contribution is 5.69. The minimum atomic E-state index is -0.0428. The topological polar surface area (TPSA) is 41.6 Å². The molecule has 2 atom stereocenters. The van der Waals surface area contributed by atoms with Crippen LogP contribution in [0.5, 0.6) is 0 Å². The maximum Gasteiger partial charge on any atom is 0.305 e. The highest BCUT2D eigenvalue weighted by atomic mass is 16.5. The molecule has 0 aliphatic carbocycles. The van der Waals surface area contributed by atoms with Crippen LogP contribution in [-0.4, -0.2) is 49.2 Å². The van der Waals surface area contributed by atoms with Crippen molar-refractivity contribution < 1.29 is 9.53 Å². The van der Waals surface area contributed by atoms with Gasteiger partial charge in [0.15, 0.2) is 0 Å². The van der Waals surface area contributed by atoms with Crippen molar-refractivity contribution in [2.45, 2.75) is 64.0 Å². The van der Waals surface area contributed by atoms with E-state index in [4.69, 9.17) is 4.74 Å². The Bertz CT molecular complexity index is 283. The van der Waals surface area contributed by atoms with Crippen LogP contribution >= 0.6 is 0 Å². The number of hydrogen-bond acceptors (Lipinski definition) is 4. The van der Waals surface area contributed by atoms with Gasteiger partial charge in [-0.3, -0.25) is 4.79 Å². The molecule has 4 heteroatoms. The van der Waals surface area contributed by atoms with Gasteiger partial charge in [0.25, 0.3) is 0 Å². The van der Waals surface area contributed by atoms with E-state index in [1.807, 2.05) is 6.92 Å². The van der Waals surface area contributed by atoms with Gasteiger partial charge in [-0.05, 0) is 52.1 Å². The van der Waals surface area contributed by atoms with Gasteiger partial charge in [0.1, 0.15) is 0 Å². The molecule has 0 aromatic heterocycles. The quantitative estimate of drug-likeness (QED) is 0.566. The second-order valence-corrected chi connectivity index (χ2v) is 5.84. The van der Waals surface area contributed by atoms with Gasteiger partial charge >= 0.3 is 5.97 Å². The molecule has 0 aromatic rings. The molecule has 110 valence electrons. The number of carbonyl (C=O) groups excluding carboxylic acids is 1. The number of ether oxygens (including phenoxy) is 1. The number of nitrogens with one attached hydrogen (secondary N) is 1. The minimum absolute atomic E-state index is 0.0428. The van der Waals surface area contributed by atoms with Crippen LogP contribution in [0.25, 0.3) is 0 Å². The number of nitrogens with zero attached hydrogens (tertiary/aromatic N) is 1. The molecule has 1 N–H and O–H groups in total. The minimum Gasteiger partial charge on any atom is -0.466 e. The van der Waals surface area contributed by atoms with Crippen molar-refractivity contribution in [1.82, 2.24) is 10.2 Å². The Kier molecular flexibility index (Phi) is 6.11. The van der Waals surface area contributed by atoms with Crippen LogP contribution in [-0.2, 0) is 9.53 Å². The zero-order chi connectivity index (χ0) is 13.5. The molecule has 2 bridgehead atoms. The highest BCUT2D eigenvalue weighted by Gasteiger charge is 2.28. The summed E-state index contributed by atoms with van der Waals surface area (Å²) in [6, 6.07) is 1.51. The van der Waals surface area contributed by atoms with Crippen molar-refractivity contribution in [1.29, 1.82) is 0 Å². The maximum atomic E-state index is 11.2. The van der Waals surface area contributed by atoms with Crippen LogP contribution in [0.4, 0.5) is 0 Å². The van der Waals surface area contributed by atoms with E-state index in [9.17, 15) is 4.79 Å². The normalized spacial score (nSPS) is 27.2. The number of rotatable bonds is 7. The molecule has 2 heterocycles. The number of esters is 1. The largest absolute Gasteiger partial charge is 0.466 e. The maximum absolute atomic E-state index is 11.2. The summed E-state index contributed by atoms with van der Waals surface area (Å²) >= 11 is 0. The van der Waals surface area contributed by atoms with Crippen LogP contribution < -0.4 is 5.32 Å². The third-order valence-corrected chi connectivity index (χ3v) is 4.27. The van der Waals surface area contributed by atoms with Crippen LogP contribution in [0.3, 0.4) is 0 Å². The van der Waals surface area contributed by atoms with Gasteiger partial charge in [-0.2, -0.15) is 0 Å². The van der Waals surface area contributed by atoms with E-state index in [0.29, 0.717) is 13.0 Å². The molecule has 0 radical (unpaired) electrons. The summed E-state index contributed by atoms with van der Waals surface area (Å²) in [5, 5.41) is 3.71. The van der Waals surface area contributed by atoms with E-state index < -0.39 is 0 Å². The summed E-state index contributed by atoms with van der Waals surface area (Å²) in [4.78, 5) is 13.8. The molecule has 0 saturated carbocycles. The van der Waals surface area contributed by atoms with Gasteiger partial charge in [0, 0.05) is 25.0 Å². The summed E-state index contributed by atoms with van der Waals surface area (Å²) in [6.07, 6.45) is 7.92. The van der Waals surface area contributed by atoms with Crippen LogP contribution in [0, 0.1) is 0 Å². The van der Waals surface area contributed by atoms with Crippen molar-refractivity contribution in [2.75, 3.05) is 26.2 Å². The lowest BCUT2D eigenvalue weighted by Gasteiger charge is -2.23. The fraction of sp³-hybridized carbons (Fsp3) is 0.933. The first-order valence-corrected chi connectivity index (χ1v) is 7.92. The zero-order valence-electron chi connectivity index (χ0n) is 12.2. The monoisotopic (exact) mass is 268 g/mol. The Hall–Kier alpha value is -0.610. The first-order chi connectivity index (χ1) is 9.28. The third-order valence-electron chi connectivity index (χ3n) is 4.27. The predicted octanol–water partition coefficient (Wildman–Crippen LogP) is 1.94. The number of fused-ring (bicyclic) bond motifs is 2. The van der Waals surface area contributed by atoms with Gasteiger partial charge in [0.2, 0.25) is 0 Å². The highest BCUT2D eigenvalue weighted by Crippen LogP contribution is 2.20. The van der Waals surface area contributed by atoms with Gasteiger partial charge in [-0.15, -0.1) is 0 Å². The summed E-state index contributed by atoms with van der Waals surface area (Å²) in [7, 11) is 0. The SMILES string of the molecule is CCOC(=O)CCCCCN1CCC2CCC(C1)N2. The molecular formula is C15H28N2O2. The number of likely N-dealkylation sites (tertiary alicyclic amines) is 1. The molecule has 2 rings (SSSR count). The molecular weight excluding hydrogens is 240 g/mol. The van der Waals surface area contributed by atoms with Gasteiger partial charge < -0.3 is 15.0 Å². The second kappa shape index (κ2) is 7.85. The molecule has 2 aliphatic heterocycles. The third kappa shape index (κ3) is 5.11. The van der Waals surface area contributed by atoms with Crippen LogP contribution in [0.1, 0.15) is 51.9 Å². The smallest absolute Gasteiger partial charge is 0.305 e. The van der Waals surface area contributed by atoms with E-state index in [0.717, 1.165) is 24.9 Å². The molecule has 0 amide bonds. The lowest BCUT2D eigenvalue weighted by atomic mass is 10.1. The van der Waals surface area contributed by atoms with Gasteiger partial charge in [0.05, 0.1) is 6.61 Å². The van der Waals surface area contributed by atoms with Crippen molar-refractivity contribution in [3.05, 3.63) is 0 Å². The van der Waals surface area contributed by atoms with E-state index in [1.165, 1.54) is 45.3 Å². The predicted molar refractivity (Wildman–Crippen MR) is 76.1 cm³/mol. The van der Waals surface area contributed by atoms with E-state index in [2.05, 4.69) is 10.2 Å². The molecule has 2 aliphatic rings. The summed E-state index contributed by atoms with van der Waals surface area (Å²) in [5.41, 5.74) is 0. The number of hydrogen-bond donors (Lipinski definition) is 1. The molecule has 0 spiro atoms. The van der Waals surface area contributed by atoms with Gasteiger partial charge in [-0.1, -0.05) is 6.42 Å². The summed E-state index contributed by atoms with van der Waals surface area (Å²) in [5.74, 6) is -0.0428. The van der Waals surface area contributed by atoms with Crippen molar-refractivity contribution in [2.24, 2.45) is 0 Å². The molecule has 0 aromatic carbocycles. The van der Waals surface area contributed by atoms with Crippen LogP contribution in [0.2, 0.25) is 0 Å². The Morgan fingerprint density at radius 3 is 2.89 bits per heavy atom. The fourth-order valence-electron chi connectivity index (χ4n) is 3.23. The standard InChI is InChI=1S/C15H28N2O2/c1-2-19-15(18)6-4-3-5-10-17-11-9-13-7-8-14(12-17)16-13/h13-14,16H,2-12H2,1H3. The molecule has 19 heavy (non-hydrogen) atoms. The van der Waals surface area contributed by atoms with E-state index in [1.54, 1.807) is 0 Å². The Balaban J connectivity index is 1.52.